The van der Waals surface area contributed by atoms with Crippen molar-refractivity contribution in [2.75, 3.05) is 10.6 Å². The van der Waals surface area contributed by atoms with Crippen LogP contribution in [-0.2, 0) is 6.54 Å². The predicted octanol–water partition coefficient (Wildman–Crippen LogP) is 3.61. The van der Waals surface area contributed by atoms with Crippen LogP contribution in [-0.4, -0.2) is 15.5 Å². The van der Waals surface area contributed by atoms with Gasteiger partial charge in [0.2, 0.25) is 5.95 Å². The fraction of sp³-hybridized carbons (Fsp3) is 0.375. The number of nitrogens with zero attached hydrogens (tertiary/aromatic N) is 2. The summed E-state index contributed by atoms with van der Waals surface area (Å²) in [5.74, 6) is 1.47. The molecular formula is C16H22N4. The summed E-state index contributed by atoms with van der Waals surface area (Å²) in [6.07, 6.45) is 1.76. The highest BCUT2D eigenvalue weighted by atomic mass is 15.1. The molecule has 0 saturated heterocycles. The molecule has 0 unspecified atom stereocenters. The van der Waals surface area contributed by atoms with Crippen molar-refractivity contribution < 1.29 is 0 Å². The van der Waals surface area contributed by atoms with Crippen molar-refractivity contribution >= 4 is 11.8 Å². The smallest absolute Gasteiger partial charge is 0.224 e. The first-order valence-electron chi connectivity index (χ1n) is 6.83. The molecule has 0 aliphatic carbocycles. The van der Waals surface area contributed by atoms with E-state index in [1.54, 1.807) is 6.20 Å². The Morgan fingerprint density at radius 2 is 1.95 bits per heavy atom. The zero-order valence-corrected chi connectivity index (χ0v) is 12.6. The second-order valence-electron chi connectivity index (χ2n) is 5.98. The van der Waals surface area contributed by atoms with Crippen LogP contribution in [0.2, 0.25) is 0 Å². The van der Waals surface area contributed by atoms with Gasteiger partial charge in [0.25, 0.3) is 0 Å². The number of aryl methyl sites for hydroxylation is 1. The fourth-order valence-electron chi connectivity index (χ4n) is 1.90. The molecule has 0 aliphatic heterocycles. The number of rotatable bonds is 4. The molecule has 2 N–H and O–H groups in total. The lowest BCUT2D eigenvalue weighted by Gasteiger charge is -2.21. The predicted molar refractivity (Wildman–Crippen MR) is 83.9 cm³/mol. The highest BCUT2D eigenvalue weighted by Gasteiger charge is 2.10. The number of nitrogens with one attached hydrogen (secondary N) is 2. The number of hydrogen-bond acceptors (Lipinski definition) is 4. The number of benzene rings is 1. The van der Waals surface area contributed by atoms with E-state index in [2.05, 4.69) is 72.6 Å². The summed E-state index contributed by atoms with van der Waals surface area (Å²) >= 11 is 0. The van der Waals surface area contributed by atoms with Crippen LogP contribution in [0.5, 0.6) is 0 Å². The molecule has 4 nitrogen and oxygen atoms in total. The van der Waals surface area contributed by atoms with Crippen molar-refractivity contribution in [3.63, 3.8) is 0 Å². The second-order valence-corrected chi connectivity index (χ2v) is 5.98. The van der Waals surface area contributed by atoms with Gasteiger partial charge in [-0.3, -0.25) is 0 Å². The molecule has 0 saturated carbocycles. The number of aromatic nitrogens is 2. The van der Waals surface area contributed by atoms with Crippen molar-refractivity contribution in [3.8, 4) is 0 Å². The Morgan fingerprint density at radius 3 is 2.65 bits per heavy atom. The van der Waals surface area contributed by atoms with Crippen LogP contribution in [0.15, 0.2) is 36.5 Å². The van der Waals surface area contributed by atoms with E-state index in [4.69, 9.17) is 0 Å². The molecular weight excluding hydrogens is 248 g/mol. The van der Waals surface area contributed by atoms with Crippen molar-refractivity contribution in [2.45, 2.75) is 39.8 Å². The largest absolute Gasteiger partial charge is 0.365 e. The quantitative estimate of drug-likeness (QED) is 0.891. The Morgan fingerprint density at radius 1 is 1.15 bits per heavy atom. The fourth-order valence-corrected chi connectivity index (χ4v) is 1.90. The summed E-state index contributed by atoms with van der Waals surface area (Å²) in [7, 11) is 0. The van der Waals surface area contributed by atoms with Gasteiger partial charge in [0, 0.05) is 18.3 Å². The van der Waals surface area contributed by atoms with E-state index in [1.165, 1.54) is 11.1 Å². The zero-order valence-electron chi connectivity index (χ0n) is 12.6. The van der Waals surface area contributed by atoms with Gasteiger partial charge in [0.15, 0.2) is 0 Å². The lowest BCUT2D eigenvalue weighted by molar-refractivity contribution is 0.630. The summed E-state index contributed by atoms with van der Waals surface area (Å²) in [5, 5.41) is 6.59. The van der Waals surface area contributed by atoms with E-state index in [9.17, 15) is 0 Å². The van der Waals surface area contributed by atoms with Crippen molar-refractivity contribution in [2.24, 2.45) is 0 Å². The first kappa shape index (κ1) is 14.3. The van der Waals surface area contributed by atoms with Gasteiger partial charge in [-0.25, -0.2) is 4.98 Å². The molecule has 2 aromatic rings. The lowest BCUT2D eigenvalue weighted by atomic mass is 10.1. The van der Waals surface area contributed by atoms with Crippen molar-refractivity contribution in [1.82, 2.24) is 9.97 Å². The third-order valence-electron chi connectivity index (χ3n) is 2.69. The van der Waals surface area contributed by atoms with Gasteiger partial charge in [-0.15, -0.1) is 0 Å². The van der Waals surface area contributed by atoms with Crippen LogP contribution < -0.4 is 10.6 Å². The van der Waals surface area contributed by atoms with Crippen LogP contribution >= 0.6 is 0 Å². The summed E-state index contributed by atoms with van der Waals surface area (Å²) in [4.78, 5) is 8.71. The molecule has 1 heterocycles. The minimum Gasteiger partial charge on any atom is -0.365 e. The summed E-state index contributed by atoms with van der Waals surface area (Å²) in [6, 6.07) is 10.3. The molecule has 0 atom stereocenters. The highest BCUT2D eigenvalue weighted by Crippen LogP contribution is 2.13. The van der Waals surface area contributed by atoms with E-state index in [0.29, 0.717) is 5.95 Å². The Kier molecular flexibility index (Phi) is 4.23. The van der Waals surface area contributed by atoms with Crippen LogP contribution in [0.25, 0.3) is 0 Å². The van der Waals surface area contributed by atoms with Gasteiger partial charge in [-0.1, -0.05) is 29.8 Å². The van der Waals surface area contributed by atoms with Crippen molar-refractivity contribution in [1.29, 1.82) is 0 Å². The van der Waals surface area contributed by atoms with Gasteiger partial charge in [0.05, 0.1) is 0 Å². The molecule has 4 heteroatoms. The third-order valence-corrected chi connectivity index (χ3v) is 2.69. The number of anilines is 2. The topological polar surface area (TPSA) is 49.8 Å². The lowest BCUT2D eigenvalue weighted by Crippen LogP contribution is -2.26. The Bertz CT molecular complexity index is 573. The van der Waals surface area contributed by atoms with Crippen LogP contribution in [0, 0.1) is 6.92 Å². The maximum atomic E-state index is 4.46. The first-order valence-corrected chi connectivity index (χ1v) is 6.83. The molecule has 0 aliphatic rings. The average molecular weight is 270 g/mol. The van der Waals surface area contributed by atoms with E-state index in [-0.39, 0.29) is 5.54 Å². The van der Waals surface area contributed by atoms with E-state index >= 15 is 0 Å². The summed E-state index contributed by atoms with van der Waals surface area (Å²) < 4.78 is 0. The standard InChI is InChI=1S/C16H22N4/c1-12-6-5-7-13(10-12)11-18-15-17-9-8-14(19-15)20-16(2,3)4/h5-10H,11H2,1-4H3,(H2,17,18,19,20). The minimum atomic E-state index is -0.0117. The van der Waals surface area contributed by atoms with Crippen LogP contribution in [0.1, 0.15) is 31.9 Å². The molecule has 0 spiro atoms. The Labute approximate surface area is 120 Å². The molecule has 20 heavy (non-hydrogen) atoms. The third kappa shape index (κ3) is 4.53. The molecule has 0 amide bonds. The summed E-state index contributed by atoms with van der Waals surface area (Å²) in [5.41, 5.74) is 2.47. The van der Waals surface area contributed by atoms with Gasteiger partial charge in [-0.2, -0.15) is 4.98 Å². The zero-order chi connectivity index (χ0) is 14.6. The molecule has 2 rings (SSSR count). The Balaban J connectivity index is 2.01. The van der Waals surface area contributed by atoms with Gasteiger partial charge in [0.1, 0.15) is 5.82 Å². The second kappa shape index (κ2) is 5.90. The maximum absolute atomic E-state index is 4.46. The summed E-state index contributed by atoms with van der Waals surface area (Å²) in [6.45, 7) is 9.13. The first-order chi connectivity index (χ1) is 9.42. The highest BCUT2D eigenvalue weighted by molar-refractivity contribution is 5.41. The van der Waals surface area contributed by atoms with E-state index < -0.39 is 0 Å². The normalized spacial score (nSPS) is 11.2. The van der Waals surface area contributed by atoms with E-state index in [0.717, 1.165) is 12.4 Å². The van der Waals surface area contributed by atoms with Gasteiger partial charge >= 0.3 is 0 Å². The van der Waals surface area contributed by atoms with Crippen LogP contribution in [0.4, 0.5) is 11.8 Å². The van der Waals surface area contributed by atoms with Gasteiger partial charge in [-0.05, 0) is 39.3 Å². The van der Waals surface area contributed by atoms with E-state index in [1.807, 2.05) is 6.07 Å². The number of hydrogen-bond donors (Lipinski definition) is 2. The average Bonchev–Trinajstić information content (AvgIpc) is 2.35. The molecule has 0 radical (unpaired) electrons. The molecule has 1 aromatic heterocycles. The van der Waals surface area contributed by atoms with Crippen molar-refractivity contribution in [3.05, 3.63) is 47.7 Å². The maximum Gasteiger partial charge on any atom is 0.224 e. The minimum absolute atomic E-state index is 0.0117. The Hall–Kier alpha value is -2.10. The molecule has 0 fully saturated rings. The molecule has 106 valence electrons. The SMILES string of the molecule is Cc1cccc(CNc2nccc(NC(C)(C)C)n2)c1. The monoisotopic (exact) mass is 270 g/mol. The van der Waals surface area contributed by atoms with Gasteiger partial charge < -0.3 is 10.6 Å². The molecule has 0 bridgehead atoms. The van der Waals surface area contributed by atoms with Crippen LogP contribution in [0.3, 0.4) is 0 Å². The molecule has 1 aromatic carbocycles.